The fraction of sp³-hybridized carbons (Fsp3) is 0.611. The normalized spacial score (nSPS) is 12.8. The third-order valence-corrected chi connectivity index (χ3v) is 3.40. The fourth-order valence-corrected chi connectivity index (χ4v) is 2.00. The van der Waals surface area contributed by atoms with Crippen LogP contribution in [0.2, 0.25) is 0 Å². The molecule has 0 aliphatic rings. The van der Waals surface area contributed by atoms with Crippen LogP contribution in [-0.2, 0) is 11.3 Å². The van der Waals surface area contributed by atoms with E-state index in [2.05, 4.69) is 15.6 Å². The highest BCUT2D eigenvalue weighted by Gasteiger charge is 2.01. The lowest BCUT2D eigenvalue weighted by Crippen LogP contribution is -2.39. The second-order valence-electron chi connectivity index (χ2n) is 5.55. The van der Waals surface area contributed by atoms with Crippen LogP contribution in [0.25, 0.3) is 0 Å². The van der Waals surface area contributed by atoms with E-state index in [1.54, 1.807) is 14.0 Å². The molecule has 0 aromatic heterocycles. The molecule has 1 rings (SSSR count). The Morgan fingerprint density at radius 1 is 1.21 bits per heavy atom. The summed E-state index contributed by atoms with van der Waals surface area (Å²) in [6.45, 7) is 7.31. The van der Waals surface area contributed by atoms with Gasteiger partial charge in [-0.2, -0.15) is 0 Å². The molecular formula is C18H31N3O3. The lowest BCUT2D eigenvalue weighted by molar-refractivity contribution is 0.145. The molecule has 6 heteroatoms. The van der Waals surface area contributed by atoms with Crippen LogP contribution in [0.1, 0.15) is 32.3 Å². The maximum atomic E-state index is 9.37. The number of hydrogen-bond acceptors (Lipinski definition) is 4. The molecule has 1 atom stereocenters. The molecule has 0 saturated carbocycles. The van der Waals surface area contributed by atoms with E-state index in [0.29, 0.717) is 19.5 Å². The molecule has 0 radical (unpaired) electrons. The second-order valence-corrected chi connectivity index (χ2v) is 5.55. The van der Waals surface area contributed by atoms with E-state index in [-0.39, 0.29) is 6.10 Å². The van der Waals surface area contributed by atoms with Crippen molar-refractivity contribution in [2.24, 2.45) is 4.99 Å². The van der Waals surface area contributed by atoms with Crippen molar-refractivity contribution >= 4 is 5.96 Å². The van der Waals surface area contributed by atoms with Crippen molar-refractivity contribution < 1.29 is 14.6 Å². The predicted octanol–water partition coefficient (Wildman–Crippen LogP) is 1.93. The van der Waals surface area contributed by atoms with Gasteiger partial charge in [0.1, 0.15) is 5.75 Å². The molecule has 0 aliphatic heterocycles. The molecule has 0 saturated heterocycles. The number of aliphatic imine (C=N–C) groups is 1. The van der Waals surface area contributed by atoms with Crippen LogP contribution in [0.15, 0.2) is 29.3 Å². The van der Waals surface area contributed by atoms with Crippen LogP contribution in [0, 0.1) is 0 Å². The van der Waals surface area contributed by atoms with Gasteiger partial charge in [0, 0.05) is 26.3 Å². The minimum Gasteiger partial charge on any atom is -0.497 e. The number of guanidine groups is 1. The van der Waals surface area contributed by atoms with Gasteiger partial charge in [-0.1, -0.05) is 12.1 Å². The first kappa shape index (κ1) is 20.3. The number of rotatable bonds is 11. The summed E-state index contributed by atoms with van der Waals surface area (Å²) in [4.78, 5) is 4.60. The van der Waals surface area contributed by atoms with E-state index in [4.69, 9.17) is 9.47 Å². The Morgan fingerprint density at radius 2 is 1.92 bits per heavy atom. The number of methoxy groups -OCH3 is 1. The average molecular weight is 337 g/mol. The number of hydrogen-bond donors (Lipinski definition) is 3. The summed E-state index contributed by atoms with van der Waals surface area (Å²) in [5.74, 6) is 1.59. The number of benzene rings is 1. The SMILES string of the molecule is CCOCCCNC(=NCc1ccc(OC)cc1)NCCC(C)O. The largest absolute Gasteiger partial charge is 0.497 e. The topological polar surface area (TPSA) is 75.1 Å². The van der Waals surface area contributed by atoms with Crippen molar-refractivity contribution in [2.75, 3.05) is 33.4 Å². The number of aliphatic hydroxyl groups excluding tert-OH is 1. The molecule has 0 amide bonds. The first-order valence-electron chi connectivity index (χ1n) is 8.56. The zero-order valence-corrected chi connectivity index (χ0v) is 15.0. The number of nitrogens with one attached hydrogen (secondary N) is 2. The maximum absolute atomic E-state index is 9.37. The number of nitrogens with zero attached hydrogens (tertiary/aromatic N) is 1. The van der Waals surface area contributed by atoms with Crippen molar-refractivity contribution in [3.8, 4) is 5.75 Å². The van der Waals surface area contributed by atoms with E-state index < -0.39 is 0 Å². The smallest absolute Gasteiger partial charge is 0.191 e. The fourth-order valence-electron chi connectivity index (χ4n) is 2.00. The van der Waals surface area contributed by atoms with Crippen LogP contribution in [0.4, 0.5) is 0 Å². The van der Waals surface area contributed by atoms with Crippen LogP contribution in [0.3, 0.4) is 0 Å². The average Bonchev–Trinajstić information content (AvgIpc) is 2.59. The molecule has 3 N–H and O–H groups in total. The summed E-state index contributed by atoms with van der Waals surface area (Å²) in [5.41, 5.74) is 1.11. The summed E-state index contributed by atoms with van der Waals surface area (Å²) >= 11 is 0. The Morgan fingerprint density at radius 3 is 2.54 bits per heavy atom. The highest BCUT2D eigenvalue weighted by molar-refractivity contribution is 5.79. The molecule has 0 aliphatic carbocycles. The van der Waals surface area contributed by atoms with Gasteiger partial charge in [0.05, 0.1) is 19.8 Å². The van der Waals surface area contributed by atoms with Crippen molar-refractivity contribution in [3.05, 3.63) is 29.8 Å². The lowest BCUT2D eigenvalue weighted by Gasteiger charge is -2.13. The summed E-state index contributed by atoms with van der Waals surface area (Å²) in [7, 11) is 1.66. The summed E-state index contributed by atoms with van der Waals surface area (Å²) in [5, 5.41) is 15.9. The first-order valence-corrected chi connectivity index (χ1v) is 8.56. The third kappa shape index (κ3) is 9.37. The molecule has 24 heavy (non-hydrogen) atoms. The maximum Gasteiger partial charge on any atom is 0.191 e. The minimum absolute atomic E-state index is 0.321. The second kappa shape index (κ2) is 12.6. The molecule has 1 unspecified atom stereocenters. The van der Waals surface area contributed by atoms with Crippen molar-refractivity contribution in [3.63, 3.8) is 0 Å². The van der Waals surface area contributed by atoms with Crippen molar-refractivity contribution in [1.29, 1.82) is 0 Å². The summed E-state index contributed by atoms with van der Waals surface area (Å²) in [6.07, 6.45) is 1.29. The number of ether oxygens (including phenoxy) is 2. The first-order chi connectivity index (χ1) is 11.7. The Hall–Kier alpha value is -1.79. The minimum atomic E-state index is -0.321. The number of aliphatic hydroxyl groups is 1. The standard InChI is InChI=1S/C18H31N3O3/c1-4-24-13-5-11-19-18(20-12-10-15(2)22)21-14-16-6-8-17(23-3)9-7-16/h6-9,15,22H,4-5,10-14H2,1-3H3,(H2,19,20,21). The third-order valence-electron chi connectivity index (χ3n) is 3.40. The molecule has 0 heterocycles. The Labute approximate surface area is 145 Å². The van der Waals surface area contributed by atoms with Gasteiger partial charge in [-0.15, -0.1) is 0 Å². The van der Waals surface area contributed by atoms with E-state index in [1.165, 1.54) is 0 Å². The van der Waals surface area contributed by atoms with Gasteiger partial charge in [-0.05, 0) is 44.4 Å². The van der Waals surface area contributed by atoms with Gasteiger partial charge in [0.25, 0.3) is 0 Å². The molecule has 136 valence electrons. The van der Waals surface area contributed by atoms with Crippen molar-refractivity contribution in [2.45, 2.75) is 39.3 Å². The molecular weight excluding hydrogens is 306 g/mol. The lowest BCUT2D eigenvalue weighted by atomic mass is 10.2. The summed E-state index contributed by atoms with van der Waals surface area (Å²) in [6, 6.07) is 7.87. The van der Waals surface area contributed by atoms with Crippen LogP contribution >= 0.6 is 0 Å². The van der Waals surface area contributed by atoms with Gasteiger partial charge in [-0.25, -0.2) is 4.99 Å². The molecule has 0 fully saturated rings. The zero-order chi connectivity index (χ0) is 17.6. The molecule has 6 nitrogen and oxygen atoms in total. The zero-order valence-electron chi connectivity index (χ0n) is 15.0. The molecule has 1 aromatic rings. The van der Waals surface area contributed by atoms with Crippen molar-refractivity contribution in [1.82, 2.24) is 10.6 Å². The van der Waals surface area contributed by atoms with Gasteiger partial charge in [0.2, 0.25) is 0 Å². The van der Waals surface area contributed by atoms with Gasteiger partial charge < -0.3 is 25.2 Å². The van der Waals surface area contributed by atoms with Gasteiger partial charge in [0.15, 0.2) is 5.96 Å². The Balaban J connectivity index is 2.49. The van der Waals surface area contributed by atoms with Crippen LogP contribution < -0.4 is 15.4 Å². The Bertz CT molecular complexity index is 461. The van der Waals surface area contributed by atoms with E-state index in [1.807, 2.05) is 31.2 Å². The highest BCUT2D eigenvalue weighted by atomic mass is 16.5. The summed E-state index contributed by atoms with van der Waals surface area (Å²) < 4.78 is 10.5. The molecule has 0 spiro atoms. The van der Waals surface area contributed by atoms with E-state index in [0.717, 1.165) is 43.5 Å². The Kier molecular flexibility index (Phi) is 10.6. The molecule has 1 aromatic carbocycles. The monoisotopic (exact) mass is 337 g/mol. The van der Waals surface area contributed by atoms with Crippen LogP contribution in [0.5, 0.6) is 5.75 Å². The predicted molar refractivity (Wildman–Crippen MR) is 97.5 cm³/mol. The van der Waals surface area contributed by atoms with Gasteiger partial charge in [-0.3, -0.25) is 0 Å². The highest BCUT2D eigenvalue weighted by Crippen LogP contribution is 2.11. The van der Waals surface area contributed by atoms with Crippen LogP contribution in [-0.4, -0.2) is 50.6 Å². The molecule has 0 bridgehead atoms. The van der Waals surface area contributed by atoms with E-state index >= 15 is 0 Å². The van der Waals surface area contributed by atoms with Gasteiger partial charge >= 0.3 is 0 Å². The quantitative estimate of drug-likeness (QED) is 0.327. The van der Waals surface area contributed by atoms with E-state index in [9.17, 15) is 5.11 Å².